The van der Waals surface area contributed by atoms with Gasteiger partial charge in [0.15, 0.2) is 5.58 Å². The monoisotopic (exact) mass is 301 g/mol. The number of nitrogens with one attached hydrogen (secondary N) is 1. The number of hydrogen-bond donors (Lipinski definition) is 2. The van der Waals surface area contributed by atoms with Gasteiger partial charge in [-0.1, -0.05) is 18.5 Å². The van der Waals surface area contributed by atoms with Gasteiger partial charge >= 0.3 is 0 Å². The molecule has 1 aromatic carbocycles. The van der Waals surface area contributed by atoms with Crippen LogP contribution in [0.5, 0.6) is 0 Å². The summed E-state index contributed by atoms with van der Waals surface area (Å²) < 4.78 is 5.86. The van der Waals surface area contributed by atoms with E-state index >= 15 is 0 Å². The van der Waals surface area contributed by atoms with Crippen molar-refractivity contribution in [2.24, 2.45) is 0 Å². The van der Waals surface area contributed by atoms with Crippen molar-refractivity contribution < 1.29 is 9.52 Å². The molecule has 0 aliphatic rings. The third-order valence-corrected chi connectivity index (χ3v) is 3.70. The number of aliphatic hydroxyl groups excluding tert-OH is 1. The van der Waals surface area contributed by atoms with Crippen LogP contribution in [0.3, 0.4) is 0 Å². The van der Waals surface area contributed by atoms with E-state index < -0.39 is 6.10 Å². The first-order chi connectivity index (χ1) is 9.06. The Balaban J connectivity index is 2.42. The van der Waals surface area contributed by atoms with Crippen LogP contribution in [0, 0.1) is 6.92 Å². The molecule has 0 aliphatic carbocycles. The summed E-state index contributed by atoms with van der Waals surface area (Å²) in [7, 11) is 0. The second kappa shape index (κ2) is 6.04. The summed E-state index contributed by atoms with van der Waals surface area (Å²) >= 11 is 11.7. The number of anilines is 1. The van der Waals surface area contributed by atoms with Crippen LogP contribution >= 0.6 is 23.2 Å². The first-order valence-electron chi connectivity index (χ1n) is 6.26. The van der Waals surface area contributed by atoms with Gasteiger partial charge in [0.25, 0.3) is 0 Å². The number of benzene rings is 1. The first kappa shape index (κ1) is 14.5. The number of fused-ring (bicyclic) bond motifs is 1. The van der Waals surface area contributed by atoms with Gasteiger partial charge in [-0.15, -0.1) is 11.6 Å². The Labute approximate surface area is 122 Å². The van der Waals surface area contributed by atoms with Gasteiger partial charge in [-0.3, -0.25) is 0 Å². The van der Waals surface area contributed by atoms with Gasteiger partial charge in [-0.25, -0.2) is 0 Å². The van der Waals surface area contributed by atoms with Crippen molar-refractivity contribution in [3.63, 3.8) is 0 Å². The SMILES string of the molecule is CCc1oc2c(NCC(O)CCl)cc(Cl)cc2c1C. The molecule has 2 N–H and O–H groups in total. The third kappa shape index (κ3) is 2.99. The lowest BCUT2D eigenvalue weighted by molar-refractivity contribution is 0.211. The summed E-state index contributed by atoms with van der Waals surface area (Å²) in [6.07, 6.45) is 0.236. The van der Waals surface area contributed by atoms with Crippen molar-refractivity contribution in [1.82, 2.24) is 0 Å². The normalized spacial score (nSPS) is 12.9. The summed E-state index contributed by atoms with van der Waals surface area (Å²) in [5, 5.41) is 14.3. The molecule has 104 valence electrons. The molecule has 0 aliphatic heterocycles. The lowest BCUT2D eigenvalue weighted by Gasteiger charge is -2.10. The fraction of sp³-hybridized carbons (Fsp3) is 0.429. The van der Waals surface area contributed by atoms with Crippen molar-refractivity contribution in [1.29, 1.82) is 0 Å². The van der Waals surface area contributed by atoms with Crippen molar-refractivity contribution in [2.45, 2.75) is 26.4 Å². The second-order valence-electron chi connectivity index (χ2n) is 4.52. The predicted octanol–water partition coefficient (Wildman–Crippen LogP) is 3.97. The smallest absolute Gasteiger partial charge is 0.157 e. The van der Waals surface area contributed by atoms with Crippen LogP contribution in [0.2, 0.25) is 5.02 Å². The quantitative estimate of drug-likeness (QED) is 0.822. The third-order valence-electron chi connectivity index (χ3n) is 3.13. The summed E-state index contributed by atoms with van der Waals surface area (Å²) in [6.45, 7) is 4.44. The van der Waals surface area contributed by atoms with Crippen LogP contribution < -0.4 is 5.32 Å². The van der Waals surface area contributed by atoms with Gasteiger partial charge in [0, 0.05) is 23.4 Å². The average Bonchev–Trinajstić information content (AvgIpc) is 2.72. The fourth-order valence-electron chi connectivity index (χ4n) is 2.08. The van der Waals surface area contributed by atoms with Gasteiger partial charge in [0.05, 0.1) is 17.7 Å². The lowest BCUT2D eigenvalue weighted by Crippen LogP contribution is -2.20. The Morgan fingerprint density at radius 1 is 1.42 bits per heavy atom. The number of hydrogen-bond acceptors (Lipinski definition) is 3. The summed E-state index contributed by atoms with van der Waals surface area (Å²) in [5.74, 6) is 1.15. The average molecular weight is 302 g/mol. The van der Waals surface area contributed by atoms with Gasteiger partial charge in [0.1, 0.15) is 5.76 Å². The topological polar surface area (TPSA) is 45.4 Å². The second-order valence-corrected chi connectivity index (χ2v) is 5.27. The molecule has 0 saturated heterocycles. The number of aryl methyl sites for hydroxylation is 2. The fourth-order valence-corrected chi connectivity index (χ4v) is 2.41. The van der Waals surface area contributed by atoms with Crippen molar-refractivity contribution in [3.8, 4) is 0 Å². The van der Waals surface area contributed by atoms with Gasteiger partial charge in [-0.05, 0) is 24.6 Å². The van der Waals surface area contributed by atoms with Crippen molar-refractivity contribution in [2.75, 3.05) is 17.7 Å². The molecule has 2 rings (SSSR count). The maximum Gasteiger partial charge on any atom is 0.157 e. The molecule has 2 aromatic rings. The standard InChI is InChI=1S/C14H17Cl2NO2/c1-3-13-8(2)11-4-9(16)5-12(14(11)19-13)17-7-10(18)6-15/h4-5,10,17-18H,3,6-7H2,1-2H3. The molecular formula is C14H17Cl2NO2. The zero-order valence-corrected chi connectivity index (χ0v) is 12.5. The molecule has 19 heavy (non-hydrogen) atoms. The van der Waals surface area contributed by atoms with Crippen molar-refractivity contribution >= 4 is 39.9 Å². The zero-order chi connectivity index (χ0) is 14.0. The van der Waals surface area contributed by atoms with E-state index in [1.807, 2.05) is 13.0 Å². The molecule has 5 heteroatoms. The number of alkyl halides is 1. The summed E-state index contributed by atoms with van der Waals surface area (Å²) in [5.41, 5.74) is 2.68. The molecule has 3 nitrogen and oxygen atoms in total. The van der Waals surface area contributed by atoms with Gasteiger partial charge in [-0.2, -0.15) is 0 Å². The lowest BCUT2D eigenvalue weighted by atomic mass is 10.1. The highest BCUT2D eigenvalue weighted by molar-refractivity contribution is 6.32. The Bertz CT molecular complexity index is 580. The Morgan fingerprint density at radius 3 is 2.79 bits per heavy atom. The highest BCUT2D eigenvalue weighted by atomic mass is 35.5. The van der Waals surface area contributed by atoms with E-state index in [1.54, 1.807) is 6.07 Å². The molecule has 1 heterocycles. The largest absolute Gasteiger partial charge is 0.459 e. The minimum absolute atomic E-state index is 0.189. The van der Waals surface area contributed by atoms with Crippen LogP contribution in [-0.4, -0.2) is 23.6 Å². The summed E-state index contributed by atoms with van der Waals surface area (Å²) in [6, 6.07) is 3.70. The number of furan rings is 1. The Morgan fingerprint density at radius 2 is 2.16 bits per heavy atom. The Kier molecular flexibility index (Phi) is 4.61. The molecule has 0 fully saturated rings. The molecule has 0 radical (unpaired) electrons. The minimum Gasteiger partial charge on any atom is -0.459 e. The minimum atomic E-state index is -0.600. The van der Waals surface area contributed by atoms with E-state index in [-0.39, 0.29) is 5.88 Å². The molecule has 0 saturated carbocycles. The van der Waals surface area contributed by atoms with Crippen LogP contribution in [0.4, 0.5) is 5.69 Å². The molecule has 1 atom stereocenters. The van der Waals surface area contributed by atoms with Gasteiger partial charge < -0.3 is 14.8 Å². The van der Waals surface area contributed by atoms with E-state index in [4.69, 9.17) is 27.6 Å². The maximum atomic E-state index is 9.51. The first-order valence-corrected chi connectivity index (χ1v) is 7.17. The highest BCUT2D eigenvalue weighted by Crippen LogP contribution is 2.34. The molecular weight excluding hydrogens is 285 g/mol. The predicted molar refractivity (Wildman–Crippen MR) is 80.6 cm³/mol. The van der Waals surface area contributed by atoms with Crippen LogP contribution in [0.1, 0.15) is 18.2 Å². The maximum absolute atomic E-state index is 9.51. The number of aliphatic hydroxyl groups is 1. The number of halogens is 2. The van der Waals surface area contributed by atoms with Crippen LogP contribution in [0.25, 0.3) is 11.0 Å². The molecule has 1 aromatic heterocycles. The molecule has 0 bridgehead atoms. The summed E-state index contributed by atoms with van der Waals surface area (Å²) in [4.78, 5) is 0. The van der Waals surface area contributed by atoms with Crippen LogP contribution in [-0.2, 0) is 6.42 Å². The Hall–Kier alpha value is -0.900. The molecule has 1 unspecified atom stereocenters. The number of rotatable bonds is 5. The molecule has 0 spiro atoms. The van der Waals surface area contributed by atoms with E-state index in [2.05, 4.69) is 12.2 Å². The zero-order valence-electron chi connectivity index (χ0n) is 11.0. The van der Waals surface area contributed by atoms with E-state index in [0.29, 0.717) is 11.6 Å². The highest BCUT2D eigenvalue weighted by Gasteiger charge is 2.14. The van der Waals surface area contributed by atoms with E-state index in [0.717, 1.165) is 34.4 Å². The van der Waals surface area contributed by atoms with E-state index in [1.165, 1.54) is 0 Å². The van der Waals surface area contributed by atoms with E-state index in [9.17, 15) is 5.11 Å². The van der Waals surface area contributed by atoms with Crippen LogP contribution in [0.15, 0.2) is 16.5 Å². The van der Waals surface area contributed by atoms with Gasteiger partial charge in [0.2, 0.25) is 0 Å². The van der Waals surface area contributed by atoms with Crippen molar-refractivity contribution in [3.05, 3.63) is 28.5 Å². The molecule has 0 amide bonds.